The Morgan fingerprint density at radius 2 is 1.53 bits per heavy atom. The molecule has 2 radical (unpaired) electrons. The Morgan fingerprint density at radius 1 is 0.933 bits per heavy atom. The molecular formula is C27H32OSiZr-4. The van der Waals surface area contributed by atoms with Crippen LogP contribution < -0.4 is 4.74 Å². The Morgan fingerprint density at radius 3 is 2.07 bits per heavy atom. The summed E-state index contributed by atoms with van der Waals surface area (Å²) in [4.78, 5) is 0. The molecule has 0 fully saturated rings. The number of hydrogen-bond donors (Lipinski definition) is 0. The van der Waals surface area contributed by atoms with Crippen LogP contribution in [0.15, 0.2) is 77.4 Å². The van der Waals surface area contributed by atoms with Crippen molar-refractivity contribution < 1.29 is 28.1 Å². The van der Waals surface area contributed by atoms with Gasteiger partial charge in [0.25, 0.3) is 0 Å². The van der Waals surface area contributed by atoms with Gasteiger partial charge in [0.05, 0.1) is 7.11 Å². The van der Waals surface area contributed by atoms with Crippen molar-refractivity contribution in [3.8, 4) is 16.9 Å². The number of hydrogen-bond acceptors (Lipinski definition) is 1. The van der Waals surface area contributed by atoms with Gasteiger partial charge in [0.1, 0.15) is 5.75 Å². The van der Waals surface area contributed by atoms with Crippen LogP contribution in [0.1, 0.15) is 27.7 Å². The van der Waals surface area contributed by atoms with E-state index in [1.54, 1.807) is 7.11 Å². The molecule has 0 heterocycles. The maximum atomic E-state index is 5.42. The van der Waals surface area contributed by atoms with E-state index in [1.807, 2.05) is 18.2 Å². The van der Waals surface area contributed by atoms with Crippen LogP contribution in [0, 0.1) is 26.8 Å². The Labute approximate surface area is 200 Å². The molecule has 0 bridgehead atoms. The molecule has 0 N–H and O–H groups in total. The number of methoxy groups -OCH3 is 1. The molecule has 0 saturated carbocycles. The van der Waals surface area contributed by atoms with Crippen molar-refractivity contribution in [1.82, 2.24) is 0 Å². The number of para-hydroxylation sites is 1. The Bertz CT molecular complexity index is 997. The molecule has 3 heteroatoms. The molecule has 0 spiro atoms. The maximum absolute atomic E-state index is 5.42. The summed E-state index contributed by atoms with van der Waals surface area (Å²) in [6.07, 6.45) is 3.36. The van der Waals surface area contributed by atoms with E-state index in [0.29, 0.717) is 5.92 Å². The predicted octanol–water partition coefficient (Wildman–Crippen LogP) is 7.47. The number of rotatable bonds is 2. The monoisotopic (exact) mass is 490 g/mol. The first-order valence-electron chi connectivity index (χ1n) is 9.33. The normalized spacial score (nSPS) is 14.3. The summed E-state index contributed by atoms with van der Waals surface area (Å²) in [6, 6.07) is 20.9. The number of allylic oxidation sites excluding steroid dienone is 4. The quantitative estimate of drug-likeness (QED) is 0.267. The SMILES string of the molecule is CC1=[C-]C(C)C(C)=C1C.COc1ccccc1-c1c[cH-]c2ccccc12.[CH3-].[CH3-].[Si]=[Zr]. The summed E-state index contributed by atoms with van der Waals surface area (Å²) in [5.74, 6) is 1.48. The number of ether oxygens (including phenoxy) is 1. The Kier molecular flexibility index (Phi) is 13.0. The Balaban J connectivity index is 0.000000558. The zero-order valence-electron chi connectivity index (χ0n) is 19.3. The molecule has 0 amide bonds. The van der Waals surface area contributed by atoms with E-state index in [2.05, 4.69) is 83.1 Å². The van der Waals surface area contributed by atoms with Gasteiger partial charge in [0.15, 0.2) is 0 Å². The molecule has 0 saturated heterocycles. The van der Waals surface area contributed by atoms with Crippen LogP contribution in [0.25, 0.3) is 21.9 Å². The van der Waals surface area contributed by atoms with E-state index in [4.69, 9.17) is 4.74 Å². The molecule has 3 aromatic rings. The molecule has 3 aromatic carbocycles. The van der Waals surface area contributed by atoms with Gasteiger partial charge in [-0.15, -0.1) is 53.6 Å². The van der Waals surface area contributed by atoms with E-state index in [1.165, 1.54) is 56.4 Å². The molecule has 158 valence electrons. The molecule has 1 aliphatic carbocycles. The Hall–Kier alpha value is -1.57. The first kappa shape index (κ1) is 28.4. The van der Waals surface area contributed by atoms with E-state index in [9.17, 15) is 0 Å². The molecule has 1 aliphatic rings. The number of fused-ring (bicyclic) bond motifs is 1. The van der Waals surface area contributed by atoms with Crippen molar-refractivity contribution in [3.05, 3.63) is 98.3 Å². The van der Waals surface area contributed by atoms with Gasteiger partial charge >= 0.3 is 30.2 Å². The van der Waals surface area contributed by atoms with Crippen LogP contribution >= 0.6 is 0 Å². The topological polar surface area (TPSA) is 9.23 Å². The van der Waals surface area contributed by atoms with E-state index < -0.39 is 0 Å². The van der Waals surface area contributed by atoms with Gasteiger partial charge in [0.2, 0.25) is 0 Å². The molecule has 1 nitrogen and oxygen atoms in total. The van der Waals surface area contributed by atoms with Crippen LogP contribution in [0.2, 0.25) is 0 Å². The summed E-state index contributed by atoms with van der Waals surface area (Å²) < 4.78 is 5.42. The van der Waals surface area contributed by atoms with Crippen molar-refractivity contribution in [2.75, 3.05) is 7.11 Å². The first-order chi connectivity index (χ1) is 13.5. The van der Waals surface area contributed by atoms with Gasteiger partial charge in [-0.25, -0.2) is 5.57 Å². The van der Waals surface area contributed by atoms with Crippen LogP contribution in [-0.2, 0) is 23.3 Å². The third-order valence-corrected chi connectivity index (χ3v) is 5.31. The van der Waals surface area contributed by atoms with Crippen molar-refractivity contribution in [3.63, 3.8) is 0 Å². The predicted molar refractivity (Wildman–Crippen MR) is 130 cm³/mol. The minimum atomic E-state index is 0. The fourth-order valence-corrected chi connectivity index (χ4v) is 3.41. The second-order valence-electron chi connectivity index (χ2n) is 6.83. The van der Waals surface area contributed by atoms with E-state index in [0.717, 1.165) is 11.3 Å². The average Bonchev–Trinajstić information content (AvgIpc) is 3.26. The molecule has 0 aliphatic heterocycles. The van der Waals surface area contributed by atoms with Gasteiger partial charge in [-0.3, -0.25) is 6.08 Å². The van der Waals surface area contributed by atoms with Crippen LogP contribution in [0.3, 0.4) is 0 Å². The summed E-state index contributed by atoms with van der Waals surface area (Å²) in [5, 5.41) is 2.55. The average molecular weight is 492 g/mol. The van der Waals surface area contributed by atoms with Crippen molar-refractivity contribution >= 4 is 17.7 Å². The molecule has 4 rings (SSSR count). The fraction of sp³-hybridized carbons (Fsp3) is 0.222. The molecule has 1 atom stereocenters. The van der Waals surface area contributed by atoms with Gasteiger partial charge in [-0.05, 0) is 11.6 Å². The number of benzene rings is 2. The van der Waals surface area contributed by atoms with Gasteiger partial charge in [-0.1, -0.05) is 51.0 Å². The van der Waals surface area contributed by atoms with Crippen LogP contribution in [0.5, 0.6) is 5.75 Å². The third-order valence-electron chi connectivity index (χ3n) is 5.31. The van der Waals surface area contributed by atoms with Crippen molar-refractivity contribution in [2.24, 2.45) is 5.92 Å². The molecular weight excluding hydrogens is 460 g/mol. The molecule has 30 heavy (non-hydrogen) atoms. The summed E-state index contributed by atoms with van der Waals surface area (Å²) in [5.41, 5.74) is 6.63. The summed E-state index contributed by atoms with van der Waals surface area (Å²) in [7, 11) is 1.71. The molecule has 0 aromatic heterocycles. The third kappa shape index (κ3) is 6.46. The van der Waals surface area contributed by atoms with Crippen LogP contribution in [-0.4, -0.2) is 14.0 Å². The summed E-state index contributed by atoms with van der Waals surface area (Å²) >= 11 is 1.36. The fourth-order valence-electron chi connectivity index (χ4n) is 3.41. The standard InChI is InChI=1S/C16H13O.C9H13.2CH3.Si.Zr/c1-17-16-9-5-4-8-15(16)14-11-10-12-6-2-3-7-13(12)14;1-6-5-7(2)9(4)8(6)3;;;;/h2-11H,1H3;6H,1-4H3;2*1H3;;/q4*-1;;. The van der Waals surface area contributed by atoms with Crippen LogP contribution in [0.4, 0.5) is 0 Å². The second kappa shape index (κ2) is 13.7. The zero-order valence-corrected chi connectivity index (χ0v) is 22.7. The second-order valence-corrected chi connectivity index (χ2v) is 6.83. The van der Waals surface area contributed by atoms with Crippen molar-refractivity contribution in [1.29, 1.82) is 0 Å². The van der Waals surface area contributed by atoms with Gasteiger partial charge < -0.3 is 19.6 Å². The minimum absolute atomic E-state index is 0. The van der Waals surface area contributed by atoms with Gasteiger partial charge in [-0.2, -0.15) is 11.1 Å². The van der Waals surface area contributed by atoms with E-state index >= 15 is 0 Å². The molecule has 1 unspecified atom stereocenters. The summed E-state index contributed by atoms with van der Waals surface area (Å²) in [6.45, 7) is 11.7. The van der Waals surface area contributed by atoms with E-state index in [-0.39, 0.29) is 14.9 Å². The first-order valence-corrected chi connectivity index (χ1v) is 13.5. The van der Waals surface area contributed by atoms with Crippen molar-refractivity contribution in [2.45, 2.75) is 27.7 Å². The van der Waals surface area contributed by atoms with Gasteiger partial charge in [0, 0.05) is 0 Å². The zero-order chi connectivity index (χ0) is 20.7.